The van der Waals surface area contributed by atoms with Gasteiger partial charge in [-0.1, -0.05) is 12.1 Å². The average molecular weight is 424 g/mol. The Hall–Kier alpha value is -3.68. The first-order valence-corrected chi connectivity index (χ1v) is 9.91. The third-order valence-electron chi connectivity index (χ3n) is 4.54. The lowest BCUT2D eigenvalue weighted by molar-refractivity contribution is -0.132. The lowest BCUT2D eigenvalue weighted by Gasteiger charge is -2.20. The van der Waals surface area contributed by atoms with E-state index in [1.165, 1.54) is 4.90 Å². The highest BCUT2D eigenvalue weighted by molar-refractivity contribution is 5.81. The number of fused-ring (bicyclic) bond motifs is 1. The number of aliphatic hydroxyl groups is 2. The molecule has 162 valence electrons. The lowest BCUT2D eigenvalue weighted by Crippen LogP contribution is -2.35. The van der Waals surface area contributed by atoms with Crippen molar-refractivity contribution in [1.82, 2.24) is 14.9 Å². The molecule has 0 atom stereocenters. The highest BCUT2D eigenvalue weighted by Gasteiger charge is 2.22. The number of hydrogen-bond donors (Lipinski definition) is 4. The Kier molecular flexibility index (Phi) is 7.75. The Morgan fingerprint density at radius 1 is 1.23 bits per heavy atom. The van der Waals surface area contributed by atoms with Gasteiger partial charge in [0, 0.05) is 32.3 Å². The number of anilines is 2. The molecule has 0 aliphatic carbocycles. The molecule has 1 aliphatic rings. The number of carbonyl (C=O) groups is 1. The zero-order valence-electron chi connectivity index (χ0n) is 16.9. The molecule has 0 spiro atoms. The number of hydrogen-bond acceptors (Lipinski definition) is 9. The van der Waals surface area contributed by atoms with Gasteiger partial charge >= 0.3 is 0 Å². The van der Waals surface area contributed by atoms with Gasteiger partial charge in [-0.05, 0) is 24.6 Å². The number of amides is 1. The van der Waals surface area contributed by atoms with Crippen molar-refractivity contribution in [3.05, 3.63) is 48.1 Å². The largest absolute Gasteiger partial charge is 0.437 e. The second kappa shape index (κ2) is 10.9. The molecule has 2 aromatic rings. The number of ether oxygens (including phenoxy) is 1. The van der Waals surface area contributed by atoms with Crippen molar-refractivity contribution in [3.8, 4) is 11.8 Å². The molecular weight excluding hydrogens is 400 g/mol. The second-order valence-corrected chi connectivity index (χ2v) is 6.66. The van der Waals surface area contributed by atoms with Crippen molar-refractivity contribution < 1.29 is 19.7 Å². The molecule has 10 heteroatoms. The quantitative estimate of drug-likeness (QED) is 0.326. The van der Waals surface area contributed by atoms with Gasteiger partial charge in [0.2, 0.25) is 17.7 Å². The number of carbonyl (C=O) groups excluding carboxylic acids is 1. The van der Waals surface area contributed by atoms with Crippen LogP contribution in [-0.2, 0) is 4.79 Å². The van der Waals surface area contributed by atoms with Crippen LogP contribution in [0.2, 0.25) is 0 Å². The molecule has 4 N–H and O–H groups in total. The molecule has 1 aromatic carbocycles. The van der Waals surface area contributed by atoms with E-state index in [0.717, 1.165) is 5.69 Å². The first-order valence-electron chi connectivity index (χ1n) is 9.91. The fourth-order valence-electron chi connectivity index (χ4n) is 3.04. The standard InChI is InChI=1S/C21H24N6O4/c22-14-15(20-25-17-4-1-2-5-18(17)31-20)16-7-9-24-21(26-16)23-8-3-6-19(30)27(10-12-28)11-13-29/h1-2,4-5,7,9,25,28-29H,3,6,8,10-13H2,(H,23,24,26)/b20-15+. The molecule has 1 amide bonds. The van der Waals surface area contributed by atoms with Gasteiger partial charge in [0.25, 0.3) is 0 Å². The molecule has 0 saturated heterocycles. The van der Waals surface area contributed by atoms with Crippen molar-refractivity contribution in [2.75, 3.05) is 43.5 Å². The average Bonchev–Trinajstić information content (AvgIpc) is 3.21. The number of allylic oxidation sites excluding steroid dienone is 1. The van der Waals surface area contributed by atoms with Crippen LogP contribution < -0.4 is 15.4 Å². The van der Waals surface area contributed by atoms with E-state index < -0.39 is 0 Å². The molecule has 0 bridgehead atoms. The fourth-order valence-corrected chi connectivity index (χ4v) is 3.04. The normalized spacial score (nSPS) is 13.5. The number of benzene rings is 1. The summed E-state index contributed by atoms with van der Waals surface area (Å²) in [5.74, 6) is 1.14. The van der Waals surface area contributed by atoms with Crippen molar-refractivity contribution in [2.24, 2.45) is 0 Å². The zero-order valence-corrected chi connectivity index (χ0v) is 16.9. The molecule has 2 heterocycles. The maximum atomic E-state index is 12.1. The third kappa shape index (κ3) is 5.69. The van der Waals surface area contributed by atoms with E-state index in [4.69, 9.17) is 14.9 Å². The van der Waals surface area contributed by atoms with Gasteiger partial charge in [-0.25, -0.2) is 9.97 Å². The van der Waals surface area contributed by atoms with Crippen LogP contribution in [0, 0.1) is 11.3 Å². The van der Waals surface area contributed by atoms with E-state index in [0.29, 0.717) is 36.2 Å². The Bertz CT molecular complexity index is 955. The molecule has 1 aromatic heterocycles. The molecule has 1 aliphatic heterocycles. The van der Waals surface area contributed by atoms with Gasteiger partial charge in [0.15, 0.2) is 5.75 Å². The summed E-state index contributed by atoms with van der Waals surface area (Å²) in [6.45, 7) is 0.545. The molecule has 0 fully saturated rings. The van der Waals surface area contributed by atoms with Gasteiger partial charge in [-0.2, -0.15) is 5.26 Å². The van der Waals surface area contributed by atoms with Crippen molar-refractivity contribution in [3.63, 3.8) is 0 Å². The molecular formula is C21H24N6O4. The number of nitrogens with one attached hydrogen (secondary N) is 2. The summed E-state index contributed by atoms with van der Waals surface area (Å²) in [6.07, 6.45) is 2.32. The minimum atomic E-state index is -0.148. The Morgan fingerprint density at radius 3 is 2.71 bits per heavy atom. The Balaban J connectivity index is 1.59. The summed E-state index contributed by atoms with van der Waals surface area (Å²) >= 11 is 0. The summed E-state index contributed by atoms with van der Waals surface area (Å²) in [4.78, 5) is 22.1. The van der Waals surface area contributed by atoms with E-state index in [-0.39, 0.29) is 44.2 Å². The predicted octanol–water partition coefficient (Wildman–Crippen LogP) is 1.18. The van der Waals surface area contributed by atoms with Gasteiger partial charge in [-0.15, -0.1) is 0 Å². The molecule has 0 saturated carbocycles. The maximum Gasteiger partial charge on any atom is 0.223 e. The molecule has 31 heavy (non-hydrogen) atoms. The number of aromatic nitrogens is 2. The number of nitrogens with zero attached hydrogens (tertiary/aromatic N) is 4. The predicted molar refractivity (Wildman–Crippen MR) is 114 cm³/mol. The fraction of sp³-hybridized carbons (Fsp3) is 0.333. The van der Waals surface area contributed by atoms with Crippen LogP contribution in [-0.4, -0.2) is 63.8 Å². The lowest BCUT2D eigenvalue weighted by atomic mass is 10.2. The van der Waals surface area contributed by atoms with Gasteiger partial charge in [0.05, 0.1) is 24.6 Å². The van der Waals surface area contributed by atoms with Crippen molar-refractivity contribution in [2.45, 2.75) is 12.8 Å². The van der Waals surface area contributed by atoms with Crippen molar-refractivity contribution >= 4 is 23.1 Å². The van der Waals surface area contributed by atoms with Crippen LogP contribution in [0.4, 0.5) is 11.6 Å². The molecule has 10 nitrogen and oxygen atoms in total. The van der Waals surface area contributed by atoms with Crippen LogP contribution in [0.25, 0.3) is 5.57 Å². The van der Waals surface area contributed by atoms with Crippen LogP contribution in [0.5, 0.6) is 5.75 Å². The summed E-state index contributed by atoms with van der Waals surface area (Å²) in [5, 5.41) is 33.8. The number of para-hydroxylation sites is 2. The maximum absolute atomic E-state index is 12.1. The third-order valence-corrected chi connectivity index (χ3v) is 4.54. The van der Waals surface area contributed by atoms with Gasteiger partial charge in [0.1, 0.15) is 11.6 Å². The minimum absolute atomic E-state index is 0.139. The zero-order chi connectivity index (χ0) is 22.1. The van der Waals surface area contributed by atoms with E-state index in [9.17, 15) is 10.1 Å². The molecule has 0 unspecified atom stereocenters. The first-order chi connectivity index (χ1) is 15.2. The molecule has 0 radical (unpaired) electrons. The smallest absolute Gasteiger partial charge is 0.223 e. The Morgan fingerprint density at radius 2 is 2.00 bits per heavy atom. The summed E-state index contributed by atoms with van der Waals surface area (Å²) < 4.78 is 5.73. The van der Waals surface area contributed by atoms with Gasteiger partial charge in [-0.3, -0.25) is 4.79 Å². The Labute approximate surface area is 179 Å². The van der Waals surface area contributed by atoms with Crippen LogP contribution >= 0.6 is 0 Å². The van der Waals surface area contributed by atoms with Crippen LogP contribution in [0.1, 0.15) is 18.5 Å². The monoisotopic (exact) mass is 424 g/mol. The summed E-state index contributed by atoms with van der Waals surface area (Å²) in [7, 11) is 0. The summed E-state index contributed by atoms with van der Waals surface area (Å²) in [6, 6.07) is 11.1. The molecule has 3 rings (SSSR count). The van der Waals surface area contributed by atoms with E-state index in [1.807, 2.05) is 18.2 Å². The van der Waals surface area contributed by atoms with E-state index in [2.05, 4.69) is 26.7 Å². The van der Waals surface area contributed by atoms with Crippen LogP contribution in [0.15, 0.2) is 42.4 Å². The van der Waals surface area contributed by atoms with Crippen molar-refractivity contribution in [1.29, 1.82) is 5.26 Å². The number of rotatable bonds is 10. The van der Waals surface area contributed by atoms with Crippen LogP contribution in [0.3, 0.4) is 0 Å². The van der Waals surface area contributed by atoms with E-state index >= 15 is 0 Å². The first kappa shape index (κ1) is 22.0. The second-order valence-electron chi connectivity index (χ2n) is 6.66. The topological polar surface area (TPSA) is 144 Å². The summed E-state index contributed by atoms with van der Waals surface area (Å²) in [5.41, 5.74) is 1.43. The number of nitriles is 1. The van der Waals surface area contributed by atoms with Gasteiger partial charge < -0.3 is 30.5 Å². The SMILES string of the molecule is N#C/C(=C1/Nc2ccccc2O1)c1ccnc(NCCCC(=O)N(CCO)CCO)n1. The minimum Gasteiger partial charge on any atom is -0.437 e. The van der Waals surface area contributed by atoms with E-state index in [1.54, 1.807) is 18.3 Å². The highest BCUT2D eigenvalue weighted by Crippen LogP contribution is 2.35. The highest BCUT2D eigenvalue weighted by atomic mass is 16.5. The number of aliphatic hydroxyl groups excluding tert-OH is 2.